The Balaban J connectivity index is 1.85. The van der Waals surface area contributed by atoms with Crippen molar-refractivity contribution in [1.82, 2.24) is 5.32 Å². The predicted molar refractivity (Wildman–Crippen MR) is 84.9 cm³/mol. The Morgan fingerprint density at radius 1 is 1.38 bits per heavy atom. The number of carbonyl (C=O) groups is 2. The lowest BCUT2D eigenvalue weighted by atomic mass is 10.0. The molecule has 1 N–H and O–H groups in total. The zero-order valence-electron chi connectivity index (χ0n) is 12.9. The lowest BCUT2D eigenvalue weighted by Gasteiger charge is -2.39. The first-order chi connectivity index (χ1) is 11.6. The molecular weight excluding hydrogens is 332 g/mol. The molecule has 2 bridgehead atoms. The summed E-state index contributed by atoms with van der Waals surface area (Å²) in [5.41, 5.74) is 0.402. The molecule has 2 saturated heterocycles. The van der Waals surface area contributed by atoms with Crippen LogP contribution < -0.4 is 5.32 Å². The first-order valence-electron chi connectivity index (χ1n) is 7.45. The molecule has 1 amide bonds. The van der Waals surface area contributed by atoms with Gasteiger partial charge in [-0.1, -0.05) is 18.2 Å². The monoisotopic (exact) mass is 348 g/mol. The summed E-state index contributed by atoms with van der Waals surface area (Å²) in [5, 5.41) is 13.4. The first-order valence-corrected chi connectivity index (χ1v) is 8.33. The molecule has 1 aromatic carbocycles. The maximum Gasteiger partial charge on any atom is 0.338 e. The fourth-order valence-corrected chi connectivity index (χ4v) is 3.64. The van der Waals surface area contributed by atoms with Crippen molar-refractivity contribution in [2.24, 2.45) is 0 Å². The second kappa shape index (κ2) is 7.21. The van der Waals surface area contributed by atoms with E-state index in [1.807, 2.05) is 5.40 Å². The van der Waals surface area contributed by atoms with Gasteiger partial charge >= 0.3 is 5.97 Å². The molecule has 5 atom stereocenters. The Morgan fingerprint density at radius 3 is 2.79 bits per heavy atom. The van der Waals surface area contributed by atoms with E-state index >= 15 is 0 Å². The predicted octanol–water partition coefficient (Wildman–Crippen LogP) is 1.05. The van der Waals surface area contributed by atoms with Crippen molar-refractivity contribution in [2.75, 3.05) is 6.61 Å². The molecule has 7 nitrogen and oxygen atoms in total. The number of nitriles is 1. The fraction of sp³-hybridized carbons (Fsp3) is 0.438. The number of nitrogens with zero attached hydrogens (tertiary/aromatic N) is 1. The van der Waals surface area contributed by atoms with E-state index in [4.69, 9.17) is 19.5 Å². The molecular formula is C16H16N2O5S. The van der Waals surface area contributed by atoms with Crippen LogP contribution in [0.25, 0.3) is 0 Å². The van der Waals surface area contributed by atoms with Crippen molar-refractivity contribution in [3.8, 4) is 5.40 Å². The summed E-state index contributed by atoms with van der Waals surface area (Å²) in [5.74, 6) is -0.806. The number of fused-ring (bicyclic) bond motifs is 2. The summed E-state index contributed by atoms with van der Waals surface area (Å²) < 4.78 is 16.9. The lowest BCUT2D eigenvalue weighted by Crippen LogP contribution is -2.60. The number of esters is 1. The van der Waals surface area contributed by atoms with Crippen molar-refractivity contribution in [1.29, 1.82) is 5.26 Å². The van der Waals surface area contributed by atoms with E-state index in [-0.39, 0.29) is 12.0 Å². The van der Waals surface area contributed by atoms with Gasteiger partial charge in [0.25, 0.3) is 0 Å². The van der Waals surface area contributed by atoms with Gasteiger partial charge in [-0.05, 0) is 23.9 Å². The van der Waals surface area contributed by atoms with Gasteiger partial charge < -0.3 is 19.5 Å². The molecule has 1 aromatic rings. The van der Waals surface area contributed by atoms with Crippen LogP contribution in [-0.2, 0) is 19.0 Å². The van der Waals surface area contributed by atoms with E-state index in [2.05, 4.69) is 5.32 Å². The average molecular weight is 348 g/mol. The van der Waals surface area contributed by atoms with Gasteiger partial charge in [0.1, 0.15) is 23.7 Å². The van der Waals surface area contributed by atoms with Crippen LogP contribution in [0, 0.1) is 10.7 Å². The van der Waals surface area contributed by atoms with E-state index in [0.717, 1.165) is 11.8 Å². The second-order valence-corrected chi connectivity index (χ2v) is 6.47. The number of thiocyanates is 1. The van der Waals surface area contributed by atoms with Gasteiger partial charge in [-0.2, -0.15) is 5.26 Å². The van der Waals surface area contributed by atoms with Crippen LogP contribution in [0.5, 0.6) is 0 Å². The van der Waals surface area contributed by atoms with E-state index in [9.17, 15) is 9.59 Å². The SMILES string of the molecule is CC(=O)N[C@H]1[C@@H]2OC[C@@H](O2)[C@@H](SC#N)[C@@H]1OC(=O)c1ccccc1. The van der Waals surface area contributed by atoms with Gasteiger partial charge in [0.05, 0.1) is 17.4 Å². The topological polar surface area (TPSA) is 97.7 Å². The maximum absolute atomic E-state index is 12.4. The molecule has 8 heteroatoms. The zero-order valence-corrected chi connectivity index (χ0v) is 13.7. The number of hydrogen-bond acceptors (Lipinski definition) is 7. The number of amides is 1. The highest BCUT2D eigenvalue weighted by molar-refractivity contribution is 8.04. The molecule has 0 radical (unpaired) electrons. The molecule has 0 unspecified atom stereocenters. The molecule has 0 aromatic heterocycles. The van der Waals surface area contributed by atoms with Crippen molar-refractivity contribution < 1.29 is 23.8 Å². The second-order valence-electron chi connectivity index (χ2n) is 5.51. The number of carbonyl (C=O) groups excluding carboxylic acids is 2. The lowest BCUT2D eigenvalue weighted by molar-refractivity contribution is -0.148. The quantitative estimate of drug-likeness (QED) is 0.641. The Morgan fingerprint density at radius 2 is 2.12 bits per heavy atom. The molecule has 2 fully saturated rings. The van der Waals surface area contributed by atoms with Crippen LogP contribution in [-0.4, -0.2) is 48.3 Å². The number of rotatable bonds is 4. The summed E-state index contributed by atoms with van der Waals surface area (Å²) in [6.07, 6.45) is -1.78. The summed E-state index contributed by atoms with van der Waals surface area (Å²) >= 11 is 0.960. The van der Waals surface area contributed by atoms with Gasteiger partial charge in [0, 0.05) is 6.92 Å². The van der Waals surface area contributed by atoms with E-state index < -0.39 is 29.7 Å². The van der Waals surface area contributed by atoms with Crippen LogP contribution in [0.2, 0.25) is 0 Å². The largest absolute Gasteiger partial charge is 0.455 e. The third-order valence-corrected chi connectivity index (χ3v) is 4.83. The maximum atomic E-state index is 12.4. The Bertz CT molecular complexity index is 662. The van der Waals surface area contributed by atoms with Crippen molar-refractivity contribution >= 4 is 23.6 Å². The van der Waals surface area contributed by atoms with Crippen LogP contribution >= 0.6 is 11.8 Å². The number of ether oxygens (including phenoxy) is 3. The summed E-state index contributed by atoms with van der Waals surface area (Å²) in [4.78, 5) is 23.9. The third kappa shape index (κ3) is 3.38. The third-order valence-electron chi connectivity index (χ3n) is 3.88. The highest BCUT2D eigenvalue weighted by atomic mass is 32.2. The van der Waals surface area contributed by atoms with Gasteiger partial charge in [0.15, 0.2) is 6.29 Å². The van der Waals surface area contributed by atoms with Crippen molar-refractivity contribution in [2.45, 2.75) is 36.7 Å². The van der Waals surface area contributed by atoms with Gasteiger partial charge in [-0.15, -0.1) is 0 Å². The van der Waals surface area contributed by atoms with Gasteiger partial charge in [0.2, 0.25) is 5.91 Å². The summed E-state index contributed by atoms with van der Waals surface area (Å²) in [7, 11) is 0. The van der Waals surface area contributed by atoms with Crippen molar-refractivity contribution in [3.63, 3.8) is 0 Å². The van der Waals surface area contributed by atoms with E-state index in [1.165, 1.54) is 6.92 Å². The Hall–Kier alpha value is -2.08. The molecule has 0 spiro atoms. The minimum Gasteiger partial charge on any atom is -0.455 e. The van der Waals surface area contributed by atoms with E-state index in [0.29, 0.717) is 12.2 Å². The Labute approximate surface area is 143 Å². The standard InChI is InChI=1S/C16H16N2O5S/c1-9(19)18-12-13(23-15(20)10-5-3-2-4-6-10)14(24-8-17)11-7-21-16(12)22-11/h2-6,11-14,16H,7H2,1H3,(H,18,19)/t11-,12-,13-,14-,16-/m1/s1. The van der Waals surface area contributed by atoms with Crippen LogP contribution in [0.4, 0.5) is 0 Å². The molecule has 2 aliphatic rings. The Kier molecular flexibility index (Phi) is 5.04. The number of thioether (sulfide) groups is 1. The number of nitrogens with one attached hydrogen (secondary N) is 1. The number of benzene rings is 1. The summed E-state index contributed by atoms with van der Waals surface area (Å²) in [6, 6.07) is 7.90. The van der Waals surface area contributed by atoms with Crippen LogP contribution in [0.1, 0.15) is 17.3 Å². The molecule has 24 heavy (non-hydrogen) atoms. The zero-order chi connectivity index (χ0) is 17.1. The fourth-order valence-electron chi connectivity index (χ4n) is 2.87. The minimum atomic E-state index is -0.725. The first kappa shape index (κ1) is 16.8. The highest BCUT2D eigenvalue weighted by Crippen LogP contribution is 2.36. The molecule has 0 saturated carbocycles. The van der Waals surface area contributed by atoms with Crippen LogP contribution in [0.3, 0.4) is 0 Å². The average Bonchev–Trinajstić information content (AvgIpc) is 3.01. The molecule has 2 heterocycles. The van der Waals surface area contributed by atoms with Crippen LogP contribution in [0.15, 0.2) is 30.3 Å². The normalized spacial score (nSPS) is 31.1. The van der Waals surface area contributed by atoms with E-state index in [1.54, 1.807) is 30.3 Å². The van der Waals surface area contributed by atoms with Gasteiger partial charge in [-0.3, -0.25) is 4.79 Å². The van der Waals surface area contributed by atoms with Gasteiger partial charge in [-0.25, -0.2) is 4.79 Å². The summed E-state index contributed by atoms with van der Waals surface area (Å²) in [6.45, 7) is 1.66. The van der Waals surface area contributed by atoms with Crippen molar-refractivity contribution in [3.05, 3.63) is 35.9 Å². The smallest absolute Gasteiger partial charge is 0.338 e. The molecule has 3 rings (SSSR count). The molecule has 126 valence electrons. The minimum absolute atomic E-state index is 0.291. The molecule has 2 aliphatic heterocycles. The molecule has 0 aliphatic carbocycles. The highest BCUT2D eigenvalue weighted by Gasteiger charge is 2.53. The number of hydrogen-bond donors (Lipinski definition) is 1.